The number of hydroxylamine groups is 1. The maximum absolute atomic E-state index is 13.1. The molecule has 0 aliphatic rings. The molecule has 2 aromatic rings. The second-order valence-electron chi connectivity index (χ2n) is 8.13. The number of alkyl halides is 6. The Morgan fingerprint density at radius 3 is 1.62 bits per heavy atom. The van der Waals surface area contributed by atoms with E-state index < -0.39 is 52.3 Å². The normalized spacial score (nSPS) is 13.4. The van der Waals surface area contributed by atoms with Gasteiger partial charge in [-0.1, -0.05) is 32.9 Å². The Hall–Kier alpha value is -3.08. The van der Waals surface area contributed by atoms with Crippen LogP contribution in [-0.4, -0.2) is 17.0 Å². The Morgan fingerprint density at radius 2 is 1.25 bits per heavy atom. The third kappa shape index (κ3) is 6.00. The standard InChI is InChI=1S/C21H20F6N2O3/c1-19(2,3)16(11-4-6-12(7-5-11)18(31)29-32)28-17(30)13-8-14(20(22,23)24)10-15(9-13)21(25,26)27/h4-10,16,32H,1-3H3,(H,28,30)(H,29,31). The highest BCUT2D eigenvalue weighted by Gasteiger charge is 2.38. The molecule has 0 aliphatic carbocycles. The van der Waals surface area contributed by atoms with Crippen molar-refractivity contribution in [3.8, 4) is 0 Å². The number of benzene rings is 2. The van der Waals surface area contributed by atoms with Crippen molar-refractivity contribution >= 4 is 11.8 Å². The quantitative estimate of drug-likeness (QED) is 0.325. The summed E-state index contributed by atoms with van der Waals surface area (Å²) in [6, 6.07) is 5.43. The molecule has 2 rings (SSSR count). The molecule has 0 heterocycles. The number of rotatable bonds is 4. The van der Waals surface area contributed by atoms with Crippen LogP contribution in [0.3, 0.4) is 0 Å². The van der Waals surface area contributed by atoms with E-state index in [2.05, 4.69) is 5.32 Å². The van der Waals surface area contributed by atoms with Crippen LogP contribution in [-0.2, 0) is 12.4 Å². The highest BCUT2D eigenvalue weighted by molar-refractivity contribution is 5.95. The fourth-order valence-electron chi connectivity index (χ4n) is 2.99. The van der Waals surface area contributed by atoms with Crippen LogP contribution in [0.1, 0.15) is 64.2 Å². The lowest BCUT2D eigenvalue weighted by atomic mass is 9.82. The molecule has 0 saturated carbocycles. The fraction of sp³-hybridized carbons (Fsp3) is 0.333. The number of halogens is 6. The van der Waals surface area contributed by atoms with Gasteiger partial charge < -0.3 is 5.32 Å². The first-order chi connectivity index (χ1) is 14.5. The minimum atomic E-state index is -5.08. The lowest BCUT2D eigenvalue weighted by molar-refractivity contribution is -0.143. The summed E-state index contributed by atoms with van der Waals surface area (Å²) >= 11 is 0. The highest BCUT2D eigenvalue weighted by atomic mass is 19.4. The topological polar surface area (TPSA) is 78.4 Å². The summed E-state index contributed by atoms with van der Waals surface area (Å²) in [5.74, 6) is -1.91. The second kappa shape index (κ2) is 8.81. The first-order valence-electron chi connectivity index (χ1n) is 9.19. The van der Waals surface area contributed by atoms with Crippen molar-refractivity contribution in [2.45, 2.75) is 39.2 Å². The smallest absolute Gasteiger partial charge is 0.345 e. The Kier molecular flexibility index (Phi) is 6.93. The third-order valence-corrected chi connectivity index (χ3v) is 4.60. The molecule has 1 unspecified atom stereocenters. The molecule has 2 amide bonds. The zero-order valence-corrected chi connectivity index (χ0v) is 17.2. The van der Waals surface area contributed by atoms with E-state index in [1.807, 2.05) is 0 Å². The Morgan fingerprint density at radius 1 is 0.781 bits per heavy atom. The van der Waals surface area contributed by atoms with E-state index in [0.29, 0.717) is 17.7 Å². The van der Waals surface area contributed by atoms with Crippen molar-refractivity contribution in [1.82, 2.24) is 10.8 Å². The van der Waals surface area contributed by atoms with Crippen molar-refractivity contribution in [2.75, 3.05) is 0 Å². The minimum Gasteiger partial charge on any atom is -0.345 e. The van der Waals surface area contributed by atoms with Crippen LogP contribution in [0.4, 0.5) is 26.3 Å². The van der Waals surface area contributed by atoms with Gasteiger partial charge >= 0.3 is 12.4 Å². The van der Waals surface area contributed by atoms with Crippen molar-refractivity contribution in [3.05, 3.63) is 70.3 Å². The van der Waals surface area contributed by atoms with Gasteiger partial charge in [-0.2, -0.15) is 26.3 Å². The van der Waals surface area contributed by atoms with E-state index in [1.165, 1.54) is 29.7 Å². The lowest BCUT2D eigenvalue weighted by Crippen LogP contribution is -2.37. The number of hydrogen-bond donors (Lipinski definition) is 3. The second-order valence-corrected chi connectivity index (χ2v) is 8.13. The van der Waals surface area contributed by atoms with Crippen molar-refractivity contribution in [3.63, 3.8) is 0 Å². The fourth-order valence-corrected chi connectivity index (χ4v) is 2.99. The molecule has 0 saturated heterocycles. The van der Waals surface area contributed by atoms with Crippen molar-refractivity contribution in [1.29, 1.82) is 0 Å². The van der Waals surface area contributed by atoms with Gasteiger partial charge in [0.05, 0.1) is 17.2 Å². The maximum Gasteiger partial charge on any atom is 0.416 e. The van der Waals surface area contributed by atoms with Gasteiger partial charge in [0, 0.05) is 11.1 Å². The van der Waals surface area contributed by atoms with Gasteiger partial charge in [0.25, 0.3) is 11.8 Å². The van der Waals surface area contributed by atoms with E-state index in [1.54, 1.807) is 20.8 Å². The largest absolute Gasteiger partial charge is 0.416 e. The Labute approximate surface area is 179 Å². The Bertz CT molecular complexity index is 960. The van der Waals surface area contributed by atoms with Crippen molar-refractivity contribution < 1.29 is 41.1 Å². The predicted molar refractivity (Wildman–Crippen MR) is 102 cm³/mol. The maximum atomic E-state index is 13.1. The molecule has 0 spiro atoms. The molecule has 0 aromatic heterocycles. The summed E-state index contributed by atoms with van der Waals surface area (Å²) < 4.78 is 78.6. The number of nitrogens with one attached hydrogen (secondary N) is 2. The average molecular weight is 462 g/mol. The third-order valence-electron chi connectivity index (χ3n) is 4.60. The van der Waals surface area contributed by atoms with E-state index in [0.717, 1.165) is 0 Å². The molecule has 11 heteroatoms. The molecule has 0 fully saturated rings. The van der Waals surface area contributed by atoms with Crippen molar-refractivity contribution in [2.24, 2.45) is 5.41 Å². The monoisotopic (exact) mass is 462 g/mol. The van der Waals surface area contributed by atoms with Crippen LogP contribution < -0.4 is 10.8 Å². The van der Waals surface area contributed by atoms with E-state index in [-0.39, 0.29) is 11.6 Å². The van der Waals surface area contributed by atoms with E-state index in [4.69, 9.17) is 5.21 Å². The zero-order chi connectivity index (χ0) is 24.5. The molecule has 0 aliphatic heterocycles. The molecule has 3 N–H and O–H groups in total. The summed E-state index contributed by atoms with van der Waals surface area (Å²) in [6.07, 6.45) is -10.2. The summed E-state index contributed by atoms with van der Waals surface area (Å²) in [6.45, 7) is 5.12. The SMILES string of the molecule is CC(C)(C)C(NC(=O)c1cc(C(F)(F)F)cc(C(F)(F)F)c1)c1ccc(C(=O)NO)cc1. The van der Waals surface area contributed by atoms with E-state index >= 15 is 0 Å². The van der Waals surface area contributed by atoms with E-state index in [9.17, 15) is 35.9 Å². The average Bonchev–Trinajstić information content (AvgIpc) is 2.69. The van der Waals surface area contributed by atoms with Crippen LogP contribution in [0, 0.1) is 5.41 Å². The lowest BCUT2D eigenvalue weighted by Gasteiger charge is -2.32. The molecule has 1 atom stereocenters. The Balaban J connectivity index is 2.46. The molecule has 5 nitrogen and oxygen atoms in total. The van der Waals surface area contributed by atoms with Crippen LogP contribution in [0.2, 0.25) is 0 Å². The summed E-state index contributed by atoms with van der Waals surface area (Å²) in [7, 11) is 0. The minimum absolute atomic E-state index is 0.0526. The molecular weight excluding hydrogens is 442 g/mol. The summed E-state index contributed by atoms with van der Waals surface area (Å²) in [5.41, 5.74) is -2.68. The van der Waals surface area contributed by atoms with Gasteiger partial charge in [-0.05, 0) is 41.3 Å². The first kappa shape index (κ1) is 25.2. The highest BCUT2D eigenvalue weighted by Crippen LogP contribution is 2.37. The van der Waals surface area contributed by atoms with Gasteiger partial charge in [-0.3, -0.25) is 14.8 Å². The number of carbonyl (C=O) groups is 2. The van der Waals surface area contributed by atoms with Crippen LogP contribution in [0.15, 0.2) is 42.5 Å². The van der Waals surface area contributed by atoms with Crippen LogP contribution in [0.5, 0.6) is 0 Å². The summed E-state index contributed by atoms with van der Waals surface area (Å²) in [5, 5.41) is 11.2. The molecule has 2 aromatic carbocycles. The number of hydrogen-bond acceptors (Lipinski definition) is 3. The molecule has 32 heavy (non-hydrogen) atoms. The molecule has 0 bridgehead atoms. The van der Waals surface area contributed by atoms with Gasteiger partial charge in [-0.25, -0.2) is 5.48 Å². The molecule has 0 radical (unpaired) electrons. The number of amides is 2. The van der Waals surface area contributed by atoms with Gasteiger partial charge in [-0.15, -0.1) is 0 Å². The first-order valence-corrected chi connectivity index (χ1v) is 9.19. The number of carbonyl (C=O) groups excluding carboxylic acids is 2. The predicted octanol–water partition coefficient (Wildman–Crippen LogP) is 5.36. The molecular formula is C21H20F6N2O3. The van der Waals surface area contributed by atoms with Gasteiger partial charge in [0.15, 0.2) is 0 Å². The molecule has 174 valence electrons. The van der Waals surface area contributed by atoms with Crippen LogP contribution >= 0.6 is 0 Å². The van der Waals surface area contributed by atoms with Crippen LogP contribution in [0.25, 0.3) is 0 Å². The zero-order valence-electron chi connectivity index (χ0n) is 17.2. The summed E-state index contributed by atoms with van der Waals surface area (Å²) in [4.78, 5) is 24.2. The van der Waals surface area contributed by atoms with Gasteiger partial charge in [0.2, 0.25) is 0 Å². The van der Waals surface area contributed by atoms with Gasteiger partial charge in [0.1, 0.15) is 0 Å².